The maximum atomic E-state index is 12.3. The number of nitrogens with zero attached hydrogens (tertiary/aromatic N) is 3. The van der Waals surface area contributed by atoms with E-state index in [0.29, 0.717) is 23.1 Å². The number of hydrogen-bond donors (Lipinski definition) is 2. The summed E-state index contributed by atoms with van der Waals surface area (Å²) >= 11 is 1.24. The van der Waals surface area contributed by atoms with Gasteiger partial charge in [-0.2, -0.15) is 0 Å². The molecule has 0 aliphatic carbocycles. The molecule has 9 nitrogen and oxygen atoms in total. The summed E-state index contributed by atoms with van der Waals surface area (Å²) in [7, 11) is 1.60. The molecule has 1 aromatic heterocycles. The molecule has 3 aromatic rings. The lowest BCUT2D eigenvalue weighted by Gasteiger charge is -2.11. The van der Waals surface area contributed by atoms with Crippen molar-refractivity contribution in [3.05, 3.63) is 76.1 Å². The number of amides is 1. The van der Waals surface area contributed by atoms with Gasteiger partial charge in [0.05, 0.1) is 36.3 Å². The van der Waals surface area contributed by atoms with E-state index in [1.807, 2.05) is 28.8 Å². The number of benzene rings is 2. The minimum atomic E-state index is -0.497. The molecule has 2 N–H and O–H groups in total. The van der Waals surface area contributed by atoms with Gasteiger partial charge in [0, 0.05) is 24.4 Å². The van der Waals surface area contributed by atoms with E-state index in [1.165, 1.54) is 36.0 Å². The number of ether oxygens (including phenoxy) is 1. The quantitative estimate of drug-likeness (QED) is 0.305. The maximum Gasteiger partial charge on any atom is 0.269 e. The smallest absolute Gasteiger partial charge is 0.269 e. The Labute approximate surface area is 176 Å². The predicted octanol–water partition coefficient (Wildman–Crippen LogP) is 3.07. The predicted molar refractivity (Wildman–Crippen MR) is 113 cm³/mol. The van der Waals surface area contributed by atoms with Crippen molar-refractivity contribution >= 4 is 29.0 Å². The average Bonchev–Trinajstić information content (AvgIpc) is 3.14. The molecule has 0 saturated carbocycles. The number of non-ortho nitro benzene ring substituents is 1. The van der Waals surface area contributed by atoms with Crippen molar-refractivity contribution < 1.29 is 19.6 Å². The van der Waals surface area contributed by atoms with Gasteiger partial charge < -0.3 is 19.7 Å². The van der Waals surface area contributed by atoms with Gasteiger partial charge in [-0.15, -0.1) is 0 Å². The van der Waals surface area contributed by atoms with Crippen molar-refractivity contribution in [2.75, 3.05) is 18.2 Å². The van der Waals surface area contributed by atoms with Gasteiger partial charge in [-0.05, 0) is 29.8 Å². The number of hydrogen-bond acceptors (Lipinski definition) is 7. The van der Waals surface area contributed by atoms with Gasteiger partial charge in [-0.3, -0.25) is 14.9 Å². The number of carbonyl (C=O) groups excluding carboxylic acids is 1. The van der Waals surface area contributed by atoms with Gasteiger partial charge in [0.2, 0.25) is 5.91 Å². The highest BCUT2D eigenvalue weighted by atomic mass is 32.2. The number of aliphatic hydroxyl groups excluding tert-OH is 1. The van der Waals surface area contributed by atoms with E-state index >= 15 is 0 Å². The fourth-order valence-electron chi connectivity index (χ4n) is 2.71. The topological polar surface area (TPSA) is 120 Å². The van der Waals surface area contributed by atoms with Crippen LogP contribution in [0, 0.1) is 10.1 Å². The zero-order valence-corrected chi connectivity index (χ0v) is 17.0. The van der Waals surface area contributed by atoms with E-state index in [9.17, 15) is 20.0 Å². The average molecular weight is 428 g/mol. The largest absolute Gasteiger partial charge is 0.497 e. The fraction of sp³-hybridized carbons (Fsp3) is 0.200. The summed E-state index contributed by atoms with van der Waals surface area (Å²) in [5, 5.41) is 23.6. The third kappa shape index (κ3) is 5.37. The lowest BCUT2D eigenvalue weighted by Crippen LogP contribution is -2.15. The molecule has 0 spiro atoms. The van der Waals surface area contributed by atoms with Gasteiger partial charge in [-0.25, -0.2) is 4.98 Å². The van der Waals surface area contributed by atoms with E-state index in [0.717, 1.165) is 11.3 Å². The molecule has 0 unspecified atom stereocenters. The second-order valence-corrected chi connectivity index (χ2v) is 7.21. The summed E-state index contributed by atoms with van der Waals surface area (Å²) < 4.78 is 7.02. The Balaban J connectivity index is 1.63. The summed E-state index contributed by atoms with van der Waals surface area (Å²) in [4.78, 5) is 26.8. The molecule has 0 aliphatic heterocycles. The standard InChI is InChI=1S/C20H20N4O5S/c1-29-18-8-2-14(3-9-18)11-23-17(12-25)10-21-20(23)30-13-19(26)22-15-4-6-16(7-5-15)24(27)28/h2-10,25H,11-13H2,1H3,(H,22,26). The highest BCUT2D eigenvalue weighted by molar-refractivity contribution is 7.99. The monoisotopic (exact) mass is 428 g/mol. The number of methoxy groups -OCH3 is 1. The second kappa shape index (κ2) is 9.90. The number of rotatable bonds is 9. The number of imidazole rings is 1. The Bertz CT molecular complexity index is 1020. The number of nitrogens with one attached hydrogen (secondary N) is 1. The van der Waals surface area contributed by atoms with Crippen LogP contribution in [0.4, 0.5) is 11.4 Å². The van der Waals surface area contributed by atoms with Crippen molar-refractivity contribution in [3.8, 4) is 5.75 Å². The SMILES string of the molecule is COc1ccc(Cn2c(CO)cnc2SCC(=O)Nc2ccc([N+](=O)[O-])cc2)cc1. The minimum Gasteiger partial charge on any atom is -0.497 e. The molecule has 0 fully saturated rings. The van der Waals surface area contributed by atoms with Crippen LogP contribution in [0.3, 0.4) is 0 Å². The lowest BCUT2D eigenvalue weighted by molar-refractivity contribution is -0.384. The van der Waals surface area contributed by atoms with Gasteiger partial charge in [0.15, 0.2) is 5.16 Å². The van der Waals surface area contributed by atoms with E-state index in [-0.39, 0.29) is 24.0 Å². The van der Waals surface area contributed by atoms with Crippen molar-refractivity contribution in [2.45, 2.75) is 18.3 Å². The van der Waals surface area contributed by atoms with E-state index < -0.39 is 4.92 Å². The molecule has 30 heavy (non-hydrogen) atoms. The first-order chi connectivity index (χ1) is 14.5. The number of carbonyl (C=O) groups is 1. The van der Waals surface area contributed by atoms with Crippen LogP contribution in [-0.2, 0) is 17.9 Å². The Kier molecular flexibility index (Phi) is 7.04. The Morgan fingerprint density at radius 2 is 1.93 bits per heavy atom. The molecule has 1 heterocycles. The first kappa shape index (κ1) is 21.3. The van der Waals surface area contributed by atoms with Gasteiger partial charge in [-0.1, -0.05) is 23.9 Å². The van der Waals surface area contributed by atoms with Gasteiger partial charge in [0.25, 0.3) is 5.69 Å². The lowest BCUT2D eigenvalue weighted by atomic mass is 10.2. The van der Waals surface area contributed by atoms with Crippen LogP contribution in [0.5, 0.6) is 5.75 Å². The molecule has 3 rings (SSSR count). The van der Waals surface area contributed by atoms with Gasteiger partial charge in [0.1, 0.15) is 5.75 Å². The maximum absolute atomic E-state index is 12.3. The number of nitro benzene ring substituents is 1. The summed E-state index contributed by atoms with van der Waals surface area (Å²) in [6.45, 7) is 0.324. The second-order valence-electron chi connectivity index (χ2n) is 6.27. The normalized spacial score (nSPS) is 10.6. The molecular weight excluding hydrogens is 408 g/mol. The summed E-state index contributed by atoms with van der Waals surface area (Å²) in [5.74, 6) is 0.587. The fourth-order valence-corrected chi connectivity index (χ4v) is 3.51. The van der Waals surface area contributed by atoms with Crippen LogP contribution < -0.4 is 10.1 Å². The third-order valence-electron chi connectivity index (χ3n) is 4.26. The molecule has 156 valence electrons. The molecule has 0 bridgehead atoms. The van der Waals surface area contributed by atoms with Crippen molar-refractivity contribution in [3.63, 3.8) is 0 Å². The van der Waals surface area contributed by atoms with Crippen LogP contribution in [-0.4, -0.2) is 38.4 Å². The Morgan fingerprint density at radius 1 is 1.23 bits per heavy atom. The molecule has 1 amide bonds. The molecular formula is C20H20N4O5S. The minimum absolute atomic E-state index is 0.0422. The van der Waals surface area contributed by atoms with E-state index in [1.54, 1.807) is 13.3 Å². The van der Waals surface area contributed by atoms with Crippen LogP contribution >= 0.6 is 11.8 Å². The van der Waals surface area contributed by atoms with E-state index in [2.05, 4.69) is 10.3 Å². The van der Waals surface area contributed by atoms with Gasteiger partial charge >= 0.3 is 0 Å². The molecule has 0 aliphatic rings. The Morgan fingerprint density at radius 3 is 2.53 bits per heavy atom. The van der Waals surface area contributed by atoms with Crippen LogP contribution in [0.25, 0.3) is 0 Å². The number of aliphatic hydroxyl groups is 1. The van der Waals surface area contributed by atoms with Crippen molar-refractivity contribution in [2.24, 2.45) is 0 Å². The first-order valence-electron chi connectivity index (χ1n) is 8.95. The summed E-state index contributed by atoms with van der Waals surface area (Å²) in [6.07, 6.45) is 1.58. The third-order valence-corrected chi connectivity index (χ3v) is 5.25. The van der Waals surface area contributed by atoms with E-state index in [4.69, 9.17) is 4.74 Å². The molecule has 2 aromatic carbocycles. The van der Waals surface area contributed by atoms with Crippen molar-refractivity contribution in [1.82, 2.24) is 9.55 Å². The summed E-state index contributed by atoms with van der Waals surface area (Å²) in [6, 6.07) is 13.2. The van der Waals surface area contributed by atoms with Crippen LogP contribution in [0.15, 0.2) is 59.9 Å². The molecule has 0 saturated heterocycles. The highest BCUT2D eigenvalue weighted by Gasteiger charge is 2.13. The first-order valence-corrected chi connectivity index (χ1v) is 9.94. The highest BCUT2D eigenvalue weighted by Crippen LogP contribution is 2.22. The zero-order chi connectivity index (χ0) is 21.5. The number of aromatic nitrogens is 2. The molecule has 10 heteroatoms. The number of nitro groups is 1. The van der Waals surface area contributed by atoms with Crippen molar-refractivity contribution in [1.29, 1.82) is 0 Å². The Hall–Kier alpha value is -3.37. The molecule has 0 radical (unpaired) electrons. The molecule has 0 atom stereocenters. The number of anilines is 1. The van der Waals surface area contributed by atoms with Crippen LogP contribution in [0.2, 0.25) is 0 Å². The number of thioether (sulfide) groups is 1. The zero-order valence-electron chi connectivity index (χ0n) is 16.1. The van der Waals surface area contributed by atoms with Crippen LogP contribution in [0.1, 0.15) is 11.3 Å². The summed E-state index contributed by atoms with van der Waals surface area (Å²) in [5.41, 5.74) is 2.08.